The number of fused-ring (bicyclic) bond motifs is 1. The number of nitrogens with zero attached hydrogens (tertiary/aromatic N) is 4. The molecule has 7 nitrogen and oxygen atoms in total. The van der Waals surface area contributed by atoms with Crippen molar-refractivity contribution in [3.05, 3.63) is 70.5 Å². The summed E-state index contributed by atoms with van der Waals surface area (Å²) in [4.78, 5) is 20.3. The van der Waals surface area contributed by atoms with Crippen molar-refractivity contribution in [1.82, 2.24) is 25.5 Å². The third-order valence-electron chi connectivity index (χ3n) is 5.12. The van der Waals surface area contributed by atoms with E-state index in [2.05, 4.69) is 27.0 Å². The zero-order valence-corrected chi connectivity index (χ0v) is 16.1. The van der Waals surface area contributed by atoms with Crippen LogP contribution in [0.1, 0.15) is 28.8 Å². The molecule has 1 amide bonds. The molecule has 2 atom stereocenters. The number of aryl methyl sites for hydroxylation is 1. The molecule has 0 radical (unpaired) electrons. The second-order valence-corrected chi connectivity index (χ2v) is 7.93. The van der Waals surface area contributed by atoms with Crippen LogP contribution in [0.5, 0.6) is 0 Å². The summed E-state index contributed by atoms with van der Waals surface area (Å²) in [6, 6.07) is 12.0. The van der Waals surface area contributed by atoms with Gasteiger partial charge in [-0.05, 0) is 23.9 Å². The number of nitrogens with one attached hydrogen (secondary N) is 1. The van der Waals surface area contributed by atoms with Crippen LogP contribution in [0.4, 0.5) is 0 Å². The van der Waals surface area contributed by atoms with Crippen LogP contribution in [0, 0.1) is 6.92 Å². The maximum absolute atomic E-state index is 13.0. The van der Waals surface area contributed by atoms with Crippen molar-refractivity contribution in [1.29, 1.82) is 0 Å². The van der Waals surface area contributed by atoms with Gasteiger partial charge in [0.1, 0.15) is 12.6 Å². The molecule has 142 valence electrons. The van der Waals surface area contributed by atoms with Gasteiger partial charge in [0, 0.05) is 29.3 Å². The minimum atomic E-state index is -0.226. The molecule has 2 unspecified atom stereocenters. The van der Waals surface area contributed by atoms with E-state index in [1.54, 1.807) is 22.4 Å². The molecule has 1 aromatic carbocycles. The van der Waals surface area contributed by atoms with E-state index in [9.17, 15) is 4.79 Å². The monoisotopic (exact) mass is 393 g/mol. The molecular formula is C20H19N5O2S. The first-order valence-electron chi connectivity index (χ1n) is 9.14. The van der Waals surface area contributed by atoms with Gasteiger partial charge in [0.15, 0.2) is 0 Å². The number of rotatable bonds is 4. The molecule has 1 N–H and O–H groups in total. The average Bonchev–Trinajstić information content (AvgIpc) is 3.44. The van der Waals surface area contributed by atoms with Gasteiger partial charge in [0.25, 0.3) is 5.91 Å². The Morgan fingerprint density at radius 3 is 2.96 bits per heavy atom. The largest absolute Gasteiger partial charge is 0.337 e. The fraction of sp³-hybridized carbons (Fsp3) is 0.250. The minimum absolute atomic E-state index is 0.0321. The maximum Gasteiger partial charge on any atom is 0.251 e. The Labute approximate surface area is 166 Å². The van der Waals surface area contributed by atoms with E-state index in [1.807, 2.05) is 48.5 Å². The number of carbonyl (C=O) groups excluding carboxylic acids is 1. The number of amides is 1. The molecule has 3 aromatic rings. The molecule has 4 heterocycles. The summed E-state index contributed by atoms with van der Waals surface area (Å²) in [5.74, 6) is 0.999. The molecule has 0 bridgehead atoms. The predicted octanol–water partition coefficient (Wildman–Crippen LogP) is 3.24. The second kappa shape index (κ2) is 6.88. The summed E-state index contributed by atoms with van der Waals surface area (Å²) < 4.78 is 5.40. The van der Waals surface area contributed by atoms with Crippen molar-refractivity contribution in [2.24, 2.45) is 0 Å². The highest BCUT2D eigenvalue weighted by Gasteiger charge is 2.40. The lowest BCUT2D eigenvalue weighted by molar-refractivity contribution is -0.135. The van der Waals surface area contributed by atoms with Crippen molar-refractivity contribution < 1.29 is 9.32 Å². The molecule has 5 rings (SSSR count). The van der Waals surface area contributed by atoms with Gasteiger partial charge < -0.3 is 14.4 Å². The number of hydrazine groups is 1. The molecule has 0 spiro atoms. The van der Waals surface area contributed by atoms with Gasteiger partial charge in [0.2, 0.25) is 11.7 Å². The molecule has 2 aliphatic heterocycles. The van der Waals surface area contributed by atoms with E-state index in [0.717, 1.165) is 17.5 Å². The Morgan fingerprint density at radius 1 is 1.25 bits per heavy atom. The number of carbonyl (C=O) groups is 1. The van der Waals surface area contributed by atoms with Crippen LogP contribution in [0.15, 0.2) is 58.7 Å². The summed E-state index contributed by atoms with van der Waals surface area (Å²) in [7, 11) is 0. The quantitative estimate of drug-likeness (QED) is 0.734. The fourth-order valence-electron chi connectivity index (χ4n) is 3.64. The summed E-state index contributed by atoms with van der Waals surface area (Å²) >= 11 is 1.70. The van der Waals surface area contributed by atoms with Gasteiger partial charge in [-0.25, -0.2) is 5.43 Å². The van der Waals surface area contributed by atoms with E-state index >= 15 is 0 Å². The Kier molecular flexibility index (Phi) is 4.22. The zero-order chi connectivity index (χ0) is 19.1. The first-order chi connectivity index (χ1) is 13.7. The summed E-state index contributed by atoms with van der Waals surface area (Å²) in [6.45, 7) is 2.27. The Morgan fingerprint density at radius 2 is 2.14 bits per heavy atom. The zero-order valence-electron chi connectivity index (χ0n) is 15.3. The highest BCUT2D eigenvalue weighted by Crippen LogP contribution is 2.33. The van der Waals surface area contributed by atoms with Crippen LogP contribution in [0.2, 0.25) is 0 Å². The summed E-state index contributed by atoms with van der Waals surface area (Å²) in [5, 5.41) is 8.03. The van der Waals surface area contributed by atoms with E-state index in [0.29, 0.717) is 11.7 Å². The van der Waals surface area contributed by atoms with Crippen molar-refractivity contribution in [2.75, 3.05) is 0 Å². The van der Waals surface area contributed by atoms with Crippen molar-refractivity contribution in [3.63, 3.8) is 0 Å². The highest BCUT2D eigenvalue weighted by molar-refractivity contribution is 7.10. The number of thiophene rings is 1. The molecule has 1 saturated heterocycles. The summed E-state index contributed by atoms with van der Waals surface area (Å²) in [5.41, 5.74) is 5.41. The van der Waals surface area contributed by atoms with E-state index < -0.39 is 0 Å². The minimum Gasteiger partial charge on any atom is -0.337 e. The SMILES string of the molecule is Cc1ccccc1-c1noc(CN2C=CN3NC(c4cccs4)CC3C2=O)n1. The number of hydrogen-bond acceptors (Lipinski definition) is 7. The van der Waals surface area contributed by atoms with Gasteiger partial charge in [-0.2, -0.15) is 4.98 Å². The van der Waals surface area contributed by atoms with Crippen LogP contribution in [0.3, 0.4) is 0 Å². The molecule has 28 heavy (non-hydrogen) atoms. The lowest BCUT2D eigenvalue weighted by Gasteiger charge is -2.30. The Balaban J connectivity index is 1.31. The smallest absolute Gasteiger partial charge is 0.251 e. The van der Waals surface area contributed by atoms with Gasteiger partial charge in [-0.3, -0.25) is 4.79 Å². The lowest BCUT2D eigenvalue weighted by atomic mass is 10.1. The number of benzene rings is 1. The maximum atomic E-state index is 13.0. The van der Waals surface area contributed by atoms with Crippen molar-refractivity contribution >= 4 is 17.2 Å². The van der Waals surface area contributed by atoms with Gasteiger partial charge >= 0.3 is 0 Å². The second-order valence-electron chi connectivity index (χ2n) is 6.95. The highest BCUT2D eigenvalue weighted by atomic mass is 32.1. The van der Waals surface area contributed by atoms with Crippen molar-refractivity contribution in [2.45, 2.75) is 32.0 Å². The molecule has 2 aromatic heterocycles. The number of hydrogen-bond donors (Lipinski definition) is 1. The molecule has 0 saturated carbocycles. The van der Waals surface area contributed by atoms with E-state index in [1.165, 1.54) is 4.88 Å². The molecule has 0 aliphatic carbocycles. The third kappa shape index (κ3) is 3.00. The number of aromatic nitrogens is 2. The van der Waals surface area contributed by atoms with Crippen LogP contribution in [-0.4, -0.2) is 32.0 Å². The Bertz CT molecular complexity index is 1030. The first kappa shape index (κ1) is 17.2. The van der Waals surface area contributed by atoms with Crippen LogP contribution in [-0.2, 0) is 11.3 Å². The van der Waals surface area contributed by atoms with Crippen LogP contribution < -0.4 is 5.43 Å². The first-order valence-corrected chi connectivity index (χ1v) is 10.0. The summed E-state index contributed by atoms with van der Waals surface area (Å²) in [6.07, 6.45) is 4.40. The lowest BCUT2D eigenvalue weighted by Crippen LogP contribution is -2.47. The fourth-order valence-corrected chi connectivity index (χ4v) is 4.43. The van der Waals surface area contributed by atoms with E-state index in [-0.39, 0.29) is 24.5 Å². The third-order valence-corrected chi connectivity index (χ3v) is 6.11. The van der Waals surface area contributed by atoms with Gasteiger partial charge in [-0.1, -0.05) is 35.5 Å². The average molecular weight is 393 g/mol. The molecule has 8 heteroatoms. The van der Waals surface area contributed by atoms with Crippen LogP contribution in [0.25, 0.3) is 11.4 Å². The predicted molar refractivity (Wildman–Crippen MR) is 105 cm³/mol. The molecular weight excluding hydrogens is 374 g/mol. The van der Waals surface area contributed by atoms with Crippen LogP contribution >= 0.6 is 11.3 Å². The van der Waals surface area contributed by atoms with Crippen molar-refractivity contribution in [3.8, 4) is 11.4 Å². The Hall–Kier alpha value is -2.97. The topological polar surface area (TPSA) is 74.5 Å². The molecule has 1 fully saturated rings. The normalized spacial score (nSPS) is 21.4. The standard InChI is InChI=1S/C20H19N5O2S/c1-13-5-2-3-6-14(13)19-21-18(27-23-19)12-24-8-9-25-16(20(24)26)11-15(22-25)17-7-4-10-28-17/h2-10,15-16,22H,11-12H2,1H3. The van der Waals surface area contributed by atoms with E-state index in [4.69, 9.17) is 4.52 Å². The van der Waals surface area contributed by atoms with Gasteiger partial charge in [-0.15, -0.1) is 11.3 Å². The van der Waals surface area contributed by atoms with Gasteiger partial charge in [0.05, 0.1) is 6.04 Å². The molecule has 2 aliphatic rings.